The van der Waals surface area contributed by atoms with E-state index in [1.165, 1.54) is 22.2 Å². The van der Waals surface area contributed by atoms with E-state index in [1.54, 1.807) is 0 Å². The predicted molar refractivity (Wildman–Crippen MR) is 77.6 cm³/mol. The molecule has 0 saturated carbocycles. The monoisotopic (exact) mass is 245 g/mol. The highest BCUT2D eigenvalue weighted by Gasteiger charge is 2.10. The van der Waals surface area contributed by atoms with Crippen molar-refractivity contribution in [1.82, 2.24) is 10.3 Å². The van der Waals surface area contributed by atoms with Gasteiger partial charge in [0.15, 0.2) is 0 Å². The van der Waals surface area contributed by atoms with E-state index < -0.39 is 0 Å². The molecule has 0 aliphatic carbocycles. The maximum atomic E-state index is 5.97. The number of aromatic amines is 1. The smallest absolute Gasteiger partial charge is 0.0459 e. The van der Waals surface area contributed by atoms with Crippen LogP contribution in [0.1, 0.15) is 31.5 Å². The quantitative estimate of drug-likeness (QED) is 0.709. The highest BCUT2D eigenvalue weighted by Crippen LogP contribution is 2.21. The number of hydrogen-bond acceptors (Lipinski definition) is 2. The van der Waals surface area contributed by atoms with Gasteiger partial charge in [0.2, 0.25) is 0 Å². The van der Waals surface area contributed by atoms with Crippen LogP contribution < -0.4 is 11.1 Å². The largest absolute Gasteiger partial charge is 0.358 e. The average Bonchev–Trinajstić information content (AvgIpc) is 2.59. The molecule has 18 heavy (non-hydrogen) atoms. The molecule has 0 fully saturated rings. The van der Waals surface area contributed by atoms with Crippen LogP contribution >= 0.6 is 0 Å². The van der Waals surface area contributed by atoms with Gasteiger partial charge in [0.05, 0.1) is 0 Å². The molecule has 0 atom stereocenters. The molecule has 0 saturated heterocycles. The van der Waals surface area contributed by atoms with Crippen molar-refractivity contribution in [2.45, 2.75) is 39.3 Å². The minimum absolute atomic E-state index is 0.0950. The van der Waals surface area contributed by atoms with E-state index in [2.05, 4.69) is 55.3 Å². The van der Waals surface area contributed by atoms with Crippen molar-refractivity contribution in [3.63, 3.8) is 0 Å². The molecular weight excluding hydrogens is 222 g/mol. The van der Waals surface area contributed by atoms with Crippen LogP contribution in [0, 0.1) is 6.92 Å². The lowest BCUT2D eigenvalue weighted by Crippen LogP contribution is -2.35. The molecule has 3 nitrogen and oxygen atoms in total. The first-order valence-corrected chi connectivity index (χ1v) is 6.53. The van der Waals surface area contributed by atoms with E-state index in [1.807, 2.05) is 0 Å². The molecule has 0 spiro atoms. The van der Waals surface area contributed by atoms with Crippen LogP contribution in [-0.2, 0) is 6.54 Å². The number of fused-ring (bicyclic) bond motifs is 1. The van der Waals surface area contributed by atoms with Crippen molar-refractivity contribution in [3.8, 4) is 0 Å². The molecule has 1 aromatic heterocycles. The third-order valence-corrected chi connectivity index (χ3v) is 3.27. The third kappa shape index (κ3) is 3.12. The summed E-state index contributed by atoms with van der Waals surface area (Å²) in [6.45, 7) is 8.09. The summed E-state index contributed by atoms with van der Waals surface area (Å²) in [4.78, 5) is 3.42. The first-order valence-electron chi connectivity index (χ1n) is 6.53. The molecule has 0 amide bonds. The zero-order chi connectivity index (χ0) is 13.2. The second-order valence-corrected chi connectivity index (χ2v) is 5.69. The van der Waals surface area contributed by atoms with Crippen molar-refractivity contribution in [3.05, 3.63) is 35.5 Å². The Bertz CT molecular complexity index is 520. The molecule has 0 bridgehead atoms. The molecule has 0 aliphatic heterocycles. The molecule has 0 radical (unpaired) electrons. The minimum Gasteiger partial charge on any atom is -0.358 e. The van der Waals surface area contributed by atoms with E-state index in [9.17, 15) is 0 Å². The summed E-state index contributed by atoms with van der Waals surface area (Å²) in [6, 6.07) is 8.44. The number of nitrogens with one attached hydrogen (secondary N) is 2. The van der Waals surface area contributed by atoms with Gasteiger partial charge in [-0.3, -0.25) is 0 Å². The number of aryl methyl sites for hydroxylation is 1. The Morgan fingerprint density at radius 1 is 1.28 bits per heavy atom. The van der Waals surface area contributed by atoms with Crippen LogP contribution in [0.2, 0.25) is 0 Å². The van der Waals surface area contributed by atoms with E-state index in [-0.39, 0.29) is 5.54 Å². The van der Waals surface area contributed by atoms with Gasteiger partial charge >= 0.3 is 0 Å². The van der Waals surface area contributed by atoms with Crippen LogP contribution in [0.4, 0.5) is 0 Å². The normalized spacial score (nSPS) is 12.2. The van der Waals surface area contributed by atoms with E-state index >= 15 is 0 Å². The summed E-state index contributed by atoms with van der Waals surface area (Å²) in [5.41, 5.74) is 9.70. The topological polar surface area (TPSA) is 53.8 Å². The van der Waals surface area contributed by atoms with Crippen LogP contribution in [0.25, 0.3) is 10.9 Å². The zero-order valence-electron chi connectivity index (χ0n) is 11.5. The van der Waals surface area contributed by atoms with E-state index in [4.69, 9.17) is 5.73 Å². The second-order valence-electron chi connectivity index (χ2n) is 5.69. The van der Waals surface area contributed by atoms with Crippen molar-refractivity contribution in [2.24, 2.45) is 5.73 Å². The first kappa shape index (κ1) is 13.1. The number of benzene rings is 1. The summed E-state index contributed by atoms with van der Waals surface area (Å²) < 4.78 is 0. The third-order valence-electron chi connectivity index (χ3n) is 3.27. The Labute approximate surface area is 109 Å². The molecule has 1 heterocycles. The van der Waals surface area contributed by atoms with Crippen LogP contribution in [0.5, 0.6) is 0 Å². The Kier molecular flexibility index (Phi) is 3.73. The van der Waals surface area contributed by atoms with Gasteiger partial charge in [0.1, 0.15) is 0 Å². The molecule has 2 aromatic rings. The fraction of sp³-hybridized carbons (Fsp3) is 0.467. The van der Waals surface area contributed by atoms with Gasteiger partial charge in [-0.2, -0.15) is 0 Å². The Morgan fingerprint density at radius 2 is 2.00 bits per heavy atom. The Hall–Kier alpha value is -1.32. The summed E-state index contributed by atoms with van der Waals surface area (Å²) in [5, 5.41) is 4.79. The second kappa shape index (κ2) is 5.12. The fourth-order valence-corrected chi connectivity index (χ4v) is 2.19. The molecule has 2 rings (SSSR count). The molecule has 1 aromatic carbocycles. The number of aromatic nitrogens is 1. The minimum atomic E-state index is -0.0950. The Balaban J connectivity index is 2.01. The molecule has 0 unspecified atom stereocenters. The van der Waals surface area contributed by atoms with Crippen molar-refractivity contribution in [1.29, 1.82) is 0 Å². The van der Waals surface area contributed by atoms with Crippen molar-refractivity contribution >= 4 is 10.9 Å². The van der Waals surface area contributed by atoms with Crippen LogP contribution in [-0.4, -0.2) is 17.1 Å². The fourth-order valence-electron chi connectivity index (χ4n) is 2.19. The SMILES string of the molecule is Cc1[nH]c2ccccc2c1CNCCC(C)(C)N. The molecule has 98 valence electrons. The molecular formula is C15H23N3. The number of rotatable bonds is 5. The van der Waals surface area contributed by atoms with Crippen LogP contribution in [0.3, 0.4) is 0 Å². The maximum Gasteiger partial charge on any atom is 0.0459 e. The lowest BCUT2D eigenvalue weighted by molar-refractivity contribution is 0.455. The van der Waals surface area contributed by atoms with Gasteiger partial charge < -0.3 is 16.0 Å². The number of nitrogens with two attached hydrogens (primary N) is 1. The van der Waals surface area contributed by atoms with Crippen molar-refractivity contribution in [2.75, 3.05) is 6.54 Å². The summed E-state index contributed by atoms with van der Waals surface area (Å²) in [7, 11) is 0. The van der Waals surface area contributed by atoms with Crippen molar-refractivity contribution < 1.29 is 0 Å². The Morgan fingerprint density at radius 3 is 2.72 bits per heavy atom. The summed E-state index contributed by atoms with van der Waals surface area (Å²) in [5.74, 6) is 0. The van der Waals surface area contributed by atoms with Gasteiger partial charge in [0, 0.05) is 28.7 Å². The first-order chi connectivity index (χ1) is 8.47. The van der Waals surface area contributed by atoms with Gasteiger partial charge in [-0.15, -0.1) is 0 Å². The van der Waals surface area contributed by atoms with E-state index in [0.717, 1.165) is 19.5 Å². The number of para-hydroxylation sites is 1. The highest BCUT2D eigenvalue weighted by atomic mass is 14.9. The molecule has 4 N–H and O–H groups in total. The van der Waals surface area contributed by atoms with Gasteiger partial charge in [-0.25, -0.2) is 0 Å². The molecule has 0 aliphatic rings. The van der Waals surface area contributed by atoms with Crippen LogP contribution in [0.15, 0.2) is 24.3 Å². The predicted octanol–water partition coefficient (Wildman–Crippen LogP) is 2.69. The maximum absolute atomic E-state index is 5.97. The number of H-pyrrole nitrogens is 1. The summed E-state index contributed by atoms with van der Waals surface area (Å²) >= 11 is 0. The lowest BCUT2D eigenvalue weighted by Gasteiger charge is -2.18. The lowest BCUT2D eigenvalue weighted by atomic mass is 10.0. The zero-order valence-corrected chi connectivity index (χ0v) is 11.5. The van der Waals surface area contributed by atoms with Gasteiger partial charge in [-0.1, -0.05) is 18.2 Å². The summed E-state index contributed by atoms with van der Waals surface area (Å²) in [6.07, 6.45) is 0.981. The van der Waals surface area contributed by atoms with Gasteiger partial charge in [-0.05, 0) is 45.4 Å². The highest BCUT2D eigenvalue weighted by molar-refractivity contribution is 5.84. The number of hydrogen-bond donors (Lipinski definition) is 3. The van der Waals surface area contributed by atoms with E-state index in [0.29, 0.717) is 0 Å². The standard InChI is InChI=1S/C15H23N3/c1-11-13(10-17-9-8-15(2,3)16)12-6-4-5-7-14(12)18-11/h4-7,17-18H,8-10,16H2,1-3H3. The molecule has 3 heteroatoms. The average molecular weight is 245 g/mol. The van der Waals surface area contributed by atoms with Gasteiger partial charge in [0.25, 0.3) is 0 Å².